The van der Waals surface area contributed by atoms with Gasteiger partial charge >= 0.3 is 17.9 Å². The fraction of sp³-hybridized carbons (Fsp3) is 0.429. The summed E-state index contributed by atoms with van der Waals surface area (Å²) in [5, 5.41) is 0. The highest BCUT2D eigenvalue weighted by Gasteiger charge is 2.09. The first-order valence-corrected chi connectivity index (χ1v) is 5.90. The van der Waals surface area contributed by atoms with Crippen molar-refractivity contribution in [3.05, 3.63) is 24.8 Å². The summed E-state index contributed by atoms with van der Waals surface area (Å²) in [6, 6.07) is 0. The highest BCUT2D eigenvalue weighted by atomic mass is 16.5. The minimum absolute atomic E-state index is 0.0278. The Morgan fingerprint density at radius 1 is 1.10 bits per heavy atom. The van der Waals surface area contributed by atoms with Crippen LogP contribution >= 0.6 is 0 Å². The molecule has 0 saturated heterocycles. The SMILES string of the molecule is C=C(CCOC(=O)CC(C)=O)C(=O)OC.C=CC(=O)OC. The second-order valence-corrected chi connectivity index (χ2v) is 3.67. The van der Waals surface area contributed by atoms with E-state index in [1.807, 2.05) is 0 Å². The average Bonchev–Trinajstić information content (AvgIpc) is 2.45. The molecule has 0 spiro atoms. The lowest BCUT2D eigenvalue weighted by Crippen LogP contribution is -2.12. The van der Waals surface area contributed by atoms with Crippen molar-refractivity contribution >= 4 is 23.7 Å². The Morgan fingerprint density at radius 2 is 1.67 bits per heavy atom. The van der Waals surface area contributed by atoms with Gasteiger partial charge in [0.15, 0.2) is 0 Å². The maximum atomic E-state index is 10.9. The number of carbonyl (C=O) groups is 4. The van der Waals surface area contributed by atoms with Gasteiger partial charge in [0.25, 0.3) is 0 Å². The third kappa shape index (κ3) is 13.8. The zero-order chi connectivity index (χ0) is 16.8. The molecule has 0 unspecified atom stereocenters. The van der Waals surface area contributed by atoms with E-state index in [2.05, 4.69) is 27.4 Å². The van der Waals surface area contributed by atoms with Gasteiger partial charge in [-0.05, 0) is 6.92 Å². The molecule has 0 amide bonds. The lowest BCUT2D eigenvalue weighted by Gasteiger charge is -2.04. The Balaban J connectivity index is 0. The summed E-state index contributed by atoms with van der Waals surface area (Å²) in [5.41, 5.74) is 0.230. The van der Waals surface area contributed by atoms with Gasteiger partial charge in [-0.3, -0.25) is 9.59 Å². The zero-order valence-corrected chi connectivity index (χ0v) is 12.5. The topological polar surface area (TPSA) is 96.0 Å². The van der Waals surface area contributed by atoms with E-state index in [9.17, 15) is 19.2 Å². The number of hydrogen-bond donors (Lipinski definition) is 0. The molecule has 0 bridgehead atoms. The molecule has 0 N–H and O–H groups in total. The first kappa shape index (κ1) is 20.9. The molecule has 0 aliphatic carbocycles. The molecule has 0 aliphatic rings. The zero-order valence-electron chi connectivity index (χ0n) is 12.5. The number of carbonyl (C=O) groups excluding carboxylic acids is 4. The summed E-state index contributed by atoms with van der Waals surface area (Å²) in [7, 11) is 2.55. The van der Waals surface area contributed by atoms with Crippen LogP contribution in [-0.2, 0) is 33.4 Å². The van der Waals surface area contributed by atoms with Gasteiger partial charge in [-0.1, -0.05) is 13.2 Å². The molecule has 0 aromatic rings. The van der Waals surface area contributed by atoms with E-state index in [1.54, 1.807) is 0 Å². The monoisotopic (exact) mass is 300 g/mol. The van der Waals surface area contributed by atoms with E-state index < -0.39 is 17.9 Å². The highest BCUT2D eigenvalue weighted by molar-refractivity contribution is 5.94. The minimum Gasteiger partial charge on any atom is -0.466 e. The quantitative estimate of drug-likeness (QED) is 0.299. The van der Waals surface area contributed by atoms with Crippen LogP contribution in [0.1, 0.15) is 19.8 Å². The van der Waals surface area contributed by atoms with Crippen molar-refractivity contribution in [3.8, 4) is 0 Å². The molecule has 0 radical (unpaired) electrons. The summed E-state index contributed by atoms with van der Waals surface area (Å²) in [4.78, 5) is 42.1. The van der Waals surface area contributed by atoms with Crippen LogP contribution in [0.25, 0.3) is 0 Å². The number of ether oxygens (including phenoxy) is 3. The molecule has 0 aromatic carbocycles. The van der Waals surface area contributed by atoms with Crippen molar-refractivity contribution in [3.63, 3.8) is 0 Å². The smallest absolute Gasteiger partial charge is 0.333 e. The van der Waals surface area contributed by atoms with E-state index >= 15 is 0 Å². The molecule has 0 atom stereocenters. The molecule has 7 nitrogen and oxygen atoms in total. The normalized spacial score (nSPS) is 8.52. The van der Waals surface area contributed by atoms with Crippen LogP contribution in [0, 0.1) is 0 Å². The molecule has 0 aromatic heterocycles. The maximum absolute atomic E-state index is 10.9. The number of Topliss-reactive ketones (excluding diaryl/α,β-unsaturated/α-hetero) is 1. The third-order valence-corrected chi connectivity index (χ3v) is 1.90. The second-order valence-electron chi connectivity index (χ2n) is 3.67. The Morgan fingerprint density at radius 3 is 2.00 bits per heavy atom. The van der Waals surface area contributed by atoms with Crippen LogP contribution < -0.4 is 0 Å². The predicted octanol–water partition coefficient (Wildman–Crippen LogP) is 0.973. The van der Waals surface area contributed by atoms with E-state index in [1.165, 1.54) is 21.1 Å². The van der Waals surface area contributed by atoms with E-state index in [4.69, 9.17) is 0 Å². The number of rotatable bonds is 7. The molecule has 7 heteroatoms. The van der Waals surface area contributed by atoms with Crippen molar-refractivity contribution < 1.29 is 33.4 Å². The first-order chi connectivity index (χ1) is 9.78. The van der Waals surface area contributed by atoms with Gasteiger partial charge in [0.05, 0.1) is 20.8 Å². The largest absolute Gasteiger partial charge is 0.466 e. The van der Waals surface area contributed by atoms with Crippen LogP contribution in [-0.4, -0.2) is 44.5 Å². The number of methoxy groups -OCH3 is 2. The summed E-state index contributed by atoms with van der Waals surface area (Å²) < 4.78 is 13.2. The minimum atomic E-state index is -0.597. The van der Waals surface area contributed by atoms with E-state index in [-0.39, 0.29) is 30.8 Å². The fourth-order valence-electron chi connectivity index (χ4n) is 0.872. The van der Waals surface area contributed by atoms with Crippen LogP contribution in [0.4, 0.5) is 0 Å². The van der Waals surface area contributed by atoms with Crippen LogP contribution in [0.15, 0.2) is 24.8 Å². The fourth-order valence-corrected chi connectivity index (χ4v) is 0.872. The molecular weight excluding hydrogens is 280 g/mol. The van der Waals surface area contributed by atoms with E-state index in [0.717, 1.165) is 6.08 Å². The van der Waals surface area contributed by atoms with Gasteiger partial charge < -0.3 is 14.2 Å². The van der Waals surface area contributed by atoms with Crippen LogP contribution in [0.5, 0.6) is 0 Å². The Labute approximate surface area is 123 Å². The number of hydrogen-bond acceptors (Lipinski definition) is 7. The lowest BCUT2D eigenvalue weighted by molar-refractivity contribution is -0.146. The molecule has 0 fully saturated rings. The number of esters is 3. The summed E-state index contributed by atoms with van der Waals surface area (Å²) in [6.07, 6.45) is 1.07. The van der Waals surface area contributed by atoms with Crippen molar-refractivity contribution in [2.24, 2.45) is 0 Å². The predicted molar refractivity (Wildman–Crippen MR) is 74.2 cm³/mol. The van der Waals surface area contributed by atoms with Gasteiger partial charge in [0.1, 0.15) is 12.2 Å². The Hall–Kier alpha value is -2.44. The lowest BCUT2D eigenvalue weighted by atomic mass is 10.2. The van der Waals surface area contributed by atoms with Gasteiger partial charge in [-0.2, -0.15) is 0 Å². The molecule has 0 aliphatic heterocycles. The highest BCUT2D eigenvalue weighted by Crippen LogP contribution is 2.01. The Bertz CT molecular complexity index is 410. The van der Waals surface area contributed by atoms with E-state index in [0.29, 0.717) is 0 Å². The maximum Gasteiger partial charge on any atom is 0.333 e. The van der Waals surface area contributed by atoms with Gasteiger partial charge in [-0.15, -0.1) is 0 Å². The molecule has 0 rings (SSSR count). The van der Waals surface area contributed by atoms with Crippen molar-refractivity contribution in [2.75, 3.05) is 20.8 Å². The summed E-state index contributed by atoms with van der Waals surface area (Å²) >= 11 is 0. The van der Waals surface area contributed by atoms with Gasteiger partial charge in [0.2, 0.25) is 0 Å². The molecule has 21 heavy (non-hydrogen) atoms. The standard InChI is InChI=1S/C10H14O5.C4H6O2/c1-7(10(13)14-3)4-5-15-9(12)6-8(2)11;1-3-4(5)6-2/h1,4-6H2,2-3H3;3H,1H2,2H3. The summed E-state index contributed by atoms with van der Waals surface area (Å²) in [6.45, 7) is 7.94. The third-order valence-electron chi connectivity index (χ3n) is 1.90. The molecule has 0 heterocycles. The molecule has 118 valence electrons. The number of ketones is 1. The second kappa shape index (κ2) is 12.6. The van der Waals surface area contributed by atoms with Crippen LogP contribution in [0.3, 0.4) is 0 Å². The van der Waals surface area contributed by atoms with Crippen LogP contribution in [0.2, 0.25) is 0 Å². The molecule has 0 saturated carbocycles. The van der Waals surface area contributed by atoms with Crippen molar-refractivity contribution in [1.29, 1.82) is 0 Å². The average molecular weight is 300 g/mol. The van der Waals surface area contributed by atoms with Crippen molar-refractivity contribution in [1.82, 2.24) is 0 Å². The molecular formula is C14H20O7. The van der Waals surface area contributed by atoms with Gasteiger partial charge in [-0.25, -0.2) is 9.59 Å². The van der Waals surface area contributed by atoms with Crippen molar-refractivity contribution in [2.45, 2.75) is 19.8 Å². The Kier molecular flexibility index (Phi) is 12.5. The first-order valence-electron chi connectivity index (χ1n) is 5.90. The van der Waals surface area contributed by atoms with Gasteiger partial charge in [0, 0.05) is 18.1 Å². The summed E-state index contributed by atoms with van der Waals surface area (Å²) in [5.74, 6) is -1.78.